The molecule has 8 nitrogen and oxygen atoms in total. The lowest BCUT2D eigenvalue weighted by Crippen LogP contribution is -2.55. The van der Waals surface area contributed by atoms with Crippen LogP contribution in [0.5, 0.6) is 0 Å². The second-order valence-electron chi connectivity index (χ2n) is 9.49. The van der Waals surface area contributed by atoms with Crippen LogP contribution in [0, 0.1) is 11.8 Å². The molecular weight excluding hydrogens is 434 g/mol. The maximum atomic E-state index is 13.1. The fourth-order valence-electron chi connectivity index (χ4n) is 3.38. The Kier molecular flexibility index (Phi) is 12.6. The SMILES string of the molecule is C=C(C)CC(C=O)NC(=O)[C@H](CC(C)C)NC(=O)[C@H](CC(C)C)NC(=O)OCc1ccccc1. The smallest absolute Gasteiger partial charge is 0.408 e. The first-order valence-electron chi connectivity index (χ1n) is 11.7. The highest BCUT2D eigenvalue weighted by Crippen LogP contribution is 2.10. The van der Waals surface area contributed by atoms with Crippen molar-refractivity contribution in [2.24, 2.45) is 11.8 Å². The summed E-state index contributed by atoms with van der Waals surface area (Å²) in [7, 11) is 0. The number of aldehydes is 1. The molecule has 8 heteroatoms. The molecule has 0 saturated carbocycles. The third-order valence-corrected chi connectivity index (χ3v) is 4.93. The van der Waals surface area contributed by atoms with E-state index in [4.69, 9.17) is 4.74 Å². The van der Waals surface area contributed by atoms with Crippen LogP contribution in [-0.2, 0) is 25.7 Å². The summed E-state index contributed by atoms with van der Waals surface area (Å²) in [5, 5.41) is 8.05. The molecule has 3 amide bonds. The van der Waals surface area contributed by atoms with E-state index in [0.717, 1.165) is 11.1 Å². The van der Waals surface area contributed by atoms with E-state index in [1.807, 2.05) is 58.0 Å². The van der Waals surface area contributed by atoms with Gasteiger partial charge in [0.2, 0.25) is 11.8 Å². The Morgan fingerprint density at radius 3 is 1.94 bits per heavy atom. The van der Waals surface area contributed by atoms with Crippen molar-refractivity contribution in [2.45, 2.75) is 78.6 Å². The molecule has 0 saturated heterocycles. The number of ether oxygens (including phenoxy) is 1. The van der Waals surface area contributed by atoms with Crippen LogP contribution in [0.25, 0.3) is 0 Å². The highest BCUT2D eigenvalue weighted by atomic mass is 16.5. The fourth-order valence-corrected chi connectivity index (χ4v) is 3.38. The van der Waals surface area contributed by atoms with E-state index in [-0.39, 0.29) is 18.4 Å². The summed E-state index contributed by atoms with van der Waals surface area (Å²) in [6.45, 7) is 13.4. The quantitative estimate of drug-likeness (QED) is 0.283. The van der Waals surface area contributed by atoms with Gasteiger partial charge in [-0.25, -0.2) is 4.79 Å². The highest BCUT2D eigenvalue weighted by molar-refractivity contribution is 5.92. The Labute approximate surface area is 202 Å². The molecule has 0 aromatic heterocycles. The second kappa shape index (κ2) is 14.9. The Hall–Kier alpha value is -3.16. The largest absolute Gasteiger partial charge is 0.445 e. The van der Waals surface area contributed by atoms with Crippen molar-refractivity contribution < 1.29 is 23.9 Å². The van der Waals surface area contributed by atoms with Crippen molar-refractivity contribution in [1.82, 2.24) is 16.0 Å². The molecule has 0 bridgehead atoms. The normalized spacial score (nSPS) is 13.5. The van der Waals surface area contributed by atoms with E-state index in [2.05, 4.69) is 22.5 Å². The van der Waals surface area contributed by atoms with Gasteiger partial charge in [-0.05, 0) is 43.6 Å². The summed E-state index contributed by atoms with van der Waals surface area (Å²) in [6, 6.07) is 6.79. The molecule has 1 aromatic rings. The van der Waals surface area contributed by atoms with E-state index in [1.54, 1.807) is 6.92 Å². The van der Waals surface area contributed by atoms with Gasteiger partial charge in [-0.1, -0.05) is 63.6 Å². The van der Waals surface area contributed by atoms with Crippen LogP contribution in [0.4, 0.5) is 4.79 Å². The lowest BCUT2D eigenvalue weighted by Gasteiger charge is -2.26. The lowest BCUT2D eigenvalue weighted by molar-refractivity contribution is -0.131. The zero-order chi connectivity index (χ0) is 25.7. The molecule has 34 heavy (non-hydrogen) atoms. The van der Waals surface area contributed by atoms with Crippen LogP contribution in [-0.4, -0.2) is 42.3 Å². The van der Waals surface area contributed by atoms with E-state index < -0.39 is 36.0 Å². The molecule has 0 fully saturated rings. The third kappa shape index (κ3) is 11.6. The zero-order valence-corrected chi connectivity index (χ0v) is 20.9. The molecule has 0 aliphatic heterocycles. The van der Waals surface area contributed by atoms with Gasteiger partial charge >= 0.3 is 6.09 Å². The number of benzene rings is 1. The first-order chi connectivity index (χ1) is 16.0. The molecule has 0 aliphatic carbocycles. The van der Waals surface area contributed by atoms with Gasteiger partial charge in [-0.15, -0.1) is 6.58 Å². The summed E-state index contributed by atoms with van der Waals surface area (Å²) < 4.78 is 5.25. The number of nitrogens with one attached hydrogen (secondary N) is 3. The van der Waals surface area contributed by atoms with Gasteiger partial charge in [0, 0.05) is 0 Å². The average molecular weight is 474 g/mol. The third-order valence-electron chi connectivity index (χ3n) is 4.93. The predicted octanol–water partition coefficient (Wildman–Crippen LogP) is 3.51. The molecule has 1 rings (SSSR count). The minimum absolute atomic E-state index is 0.0802. The monoisotopic (exact) mass is 473 g/mol. The molecule has 3 N–H and O–H groups in total. The molecule has 0 aliphatic rings. The van der Waals surface area contributed by atoms with E-state index >= 15 is 0 Å². The van der Waals surface area contributed by atoms with Crippen LogP contribution in [0.3, 0.4) is 0 Å². The Bertz CT molecular complexity index is 823. The van der Waals surface area contributed by atoms with Gasteiger partial charge in [0.15, 0.2) is 0 Å². The van der Waals surface area contributed by atoms with Crippen molar-refractivity contribution in [3.05, 3.63) is 48.0 Å². The maximum absolute atomic E-state index is 13.1. The minimum Gasteiger partial charge on any atom is -0.445 e. The van der Waals surface area contributed by atoms with E-state index in [9.17, 15) is 19.2 Å². The van der Waals surface area contributed by atoms with Crippen molar-refractivity contribution in [2.75, 3.05) is 0 Å². The van der Waals surface area contributed by atoms with E-state index in [0.29, 0.717) is 25.5 Å². The molecule has 1 aromatic carbocycles. The van der Waals surface area contributed by atoms with Gasteiger partial charge in [0.05, 0.1) is 6.04 Å². The zero-order valence-electron chi connectivity index (χ0n) is 20.9. The minimum atomic E-state index is -0.872. The first-order valence-corrected chi connectivity index (χ1v) is 11.7. The fraction of sp³-hybridized carbons (Fsp3) is 0.538. The van der Waals surface area contributed by atoms with Gasteiger partial charge in [-0.3, -0.25) is 9.59 Å². The first kappa shape index (κ1) is 28.9. The standard InChI is InChI=1S/C26H39N3O5/c1-17(2)12-21(15-30)27-24(31)22(13-18(3)4)28-25(32)23(14-19(5)6)29-26(33)34-16-20-10-8-7-9-11-20/h7-11,15,18-19,21-23H,1,12-14,16H2,2-6H3,(H,27,31)(H,28,32)(H,29,33)/t21?,22-,23-/m0/s1. The lowest BCUT2D eigenvalue weighted by atomic mass is 9.99. The second-order valence-corrected chi connectivity index (χ2v) is 9.49. The predicted molar refractivity (Wildman–Crippen MR) is 132 cm³/mol. The molecule has 0 heterocycles. The molecular formula is C26H39N3O5. The average Bonchev–Trinajstić information content (AvgIpc) is 2.76. The van der Waals surface area contributed by atoms with Gasteiger partial charge < -0.3 is 25.5 Å². The summed E-state index contributed by atoms with van der Waals surface area (Å²) in [5.74, 6) is -0.708. The summed E-state index contributed by atoms with van der Waals surface area (Å²) in [4.78, 5) is 49.6. The topological polar surface area (TPSA) is 114 Å². The summed E-state index contributed by atoms with van der Waals surface area (Å²) in [5.41, 5.74) is 1.59. The van der Waals surface area contributed by atoms with E-state index in [1.165, 1.54) is 0 Å². The van der Waals surface area contributed by atoms with Crippen LogP contribution >= 0.6 is 0 Å². The highest BCUT2D eigenvalue weighted by Gasteiger charge is 2.29. The number of amides is 3. The Balaban J connectivity index is 2.85. The van der Waals surface area contributed by atoms with Crippen LogP contribution in [0.2, 0.25) is 0 Å². The summed E-state index contributed by atoms with van der Waals surface area (Å²) in [6.07, 6.45) is 1.02. The number of alkyl carbamates (subject to hydrolysis) is 1. The van der Waals surface area contributed by atoms with Crippen LogP contribution in [0.1, 0.15) is 59.4 Å². The van der Waals surface area contributed by atoms with Crippen LogP contribution < -0.4 is 16.0 Å². The van der Waals surface area contributed by atoms with Gasteiger partial charge in [0.25, 0.3) is 0 Å². The number of carbonyl (C=O) groups is 4. The van der Waals surface area contributed by atoms with Gasteiger partial charge in [0.1, 0.15) is 25.0 Å². The molecule has 1 unspecified atom stereocenters. The molecule has 188 valence electrons. The number of carbonyl (C=O) groups excluding carboxylic acids is 4. The molecule has 3 atom stereocenters. The number of hydrogen-bond donors (Lipinski definition) is 3. The molecule has 0 radical (unpaired) electrons. The molecule has 0 spiro atoms. The number of rotatable bonds is 14. The van der Waals surface area contributed by atoms with Crippen molar-refractivity contribution in [1.29, 1.82) is 0 Å². The summed E-state index contributed by atoms with van der Waals surface area (Å²) >= 11 is 0. The van der Waals surface area contributed by atoms with Gasteiger partial charge in [-0.2, -0.15) is 0 Å². The van der Waals surface area contributed by atoms with Crippen molar-refractivity contribution >= 4 is 24.2 Å². The Morgan fingerprint density at radius 2 is 1.44 bits per heavy atom. The Morgan fingerprint density at radius 1 is 0.912 bits per heavy atom. The van der Waals surface area contributed by atoms with Crippen molar-refractivity contribution in [3.8, 4) is 0 Å². The van der Waals surface area contributed by atoms with Crippen molar-refractivity contribution in [3.63, 3.8) is 0 Å². The number of hydrogen-bond acceptors (Lipinski definition) is 5. The maximum Gasteiger partial charge on any atom is 0.408 e. The van der Waals surface area contributed by atoms with Crippen LogP contribution in [0.15, 0.2) is 42.5 Å².